The quantitative estimate of drug-likeness (QED) is 0.499. The fourth-order valence-corrected chi connectivity index (χ4v) is 1.62. The Labute approximate surface area is 101 Å². The molecule has 0 aromatic carbocycles. The third kappa shape index (κ3) is 3.62. The highest BCUT2D eigenvalue weighted by Gasteiger charge is 2.35. The van der Waals surface area contributed by atoms with Crippen molar-refractivity contribution >= 4 is 5.71 Å². The van der Waals surface area contributed by atoms with Crippen molar-refractivity contribution in [1.29, 1.82) is 5.41 Å². The van der Waals surface area contributed by atoms with Crippen LogP contribution in [0.5, 0.6) is 0 Å². The van der Waals surface area contributed by atoms with Crippen molar-refractivity contribution in [2.24, 2.45) is 10.8 Å². The van der Waals surface area contributed by atoms with E-state index < -0.39 is 0 Å². The Morgan fingerprint density at radius 2 is 1.56 bits per heavy atom. The molecular weight excluding hydrogens is 194 g/mol. The molecule has 0 heterocycles. The first kappa shape index (κ1) is 15.2. The summed E-state index contributed by atoms with van der Waals surface area (Å²) in [6.07, 6.45) is 3.13. The van der Waals surface area contributed by atoms with Gasteiger partial charge in [-0.2, -0.15) is 0 Å². The van der Waals surface area contributed by atoms with E-state index in [1.54, 1.807) is 0 Å². The number of hydrogen-bond donors (Lipinski definition) is 1. The van der Waals surface area contributed by atoms with Gasteiger partial charge in [0.25, 0.3) is 0 Å². The van der Waals surface area contributed by atoms with Crippen LogP contribution in [0.15, 0.2) is 23.8 Å². The maximum Gasteiger partial charge on any atom is 0.0245 e. The van der Waals surface area contributed by atoms with Crippen LogP contribution in [-0.4, -0.2) is 5.71 Å². The summed E-state index contributed by atoms with van der Waals surface area (Å²) in [6, 6.07) is 0. The molecule has 0 aromatic rings. The maximum absolute atomic E-state index is 8.38. The van der Waals surface area contributed by atoms with Crippen LogP contribution >= 0.6 is 0 Å². The Morgan fingerprint density at radius 1 is 1.12 bits per heavy atom. The smallest absolute Gasteiger partial charge is 0.0245 e. The molecule has 16 heavy (non-hydrogen) atoms. The second-order valence-corrected chi connectivity index (χ2v) is 6.15. The van der Waals surface area contributed by atoms with Gasteiger partial charge in [-0.1, -0.05) is 51.5 Å². The lowest BCUT2D eigenvalue weighted by molar-refractivity contribution is 0.458. The molecule has 92 valence electrons. The molecule has 0 aliphatic rings. The monoisotopic (exact) mass is 221 g/mol. The maximum atomic E-state index is 8.38. The SMILES string of the molecule is C=C(C)C(C)(C)C(=N)C(C)(C)CC=C(C)C. The molecule has 0 saturated carbocycles. The standard InChI is InChI=1S/C15H27N/c1-11(2)9-10-14(5,6)13(16)15(7,8)12(3)4/h9,16H,3,10H2,1-2,4-8H3. The second kappa shape index (κ2) is 4.99. The van der Waals surface area contributed by atoms with Crippen molar-refractivity contribution in [2.75, 3.05) is 0 Å². The molecule has 0 amide bonds. The van der Waals surface area contributed by atoms with Crippen molar-refractivity contribution in [1.82, 2.24) is 0 Å². The van der Waals surface area contributed by atoms with Crippen LogP contribution in [0.3, 0.4) is 0 Å². The van der Waals surface area contributed by atoms with Gasteiger partial charge < -0.3 is 5.41 Å². The van der Waals surface area contributed by atoms with Crippen molar-refractivity contribution in [2.45, 2.75) is 54.9 Å². The predicted octanol–water partition coefficient (Wildman–Crippen LogP) is 4.99. The molecule has 0 bridgehead atoms. The van der Waals surface area contributed by atoms with E-state index in [9.17, 15) is 0 Å². The van der Waals surface area contributed by atoms with Gasteiger partial charge in [-0.25, -0.2) is 0 Å². The zero-order valence-electron chi connectivity index (χ0n) is 12.0. The minimum atomic E-state index is -0.209. The molecule has 0 fully saturated rings. The number of allylic oxidation sites excluding steroid dienone is 3. The van der Waals surface area contributed by atoms with Gasteiger partial charge in [-0.15, -0.1) is 0 Å². The summed E-state index contributed by atoms with van der Waals surface area (Å²) < 4.78 is 0. The molecule has 0 aromatic heterocycles. The first-order chi connectivity index (χ1) is 7.01. The molecule has 0 unspecified atom stereocenters. The van der Waals surface area contributed by atoms with Crippen LogP contribution in [0.25, 0.3) is 0 Å². The zero-order valence-corrected chi connectivity index (χ0v) is 12.0. The summed E-state index contributed by atoms with van der Waals surface area (Å²) in [4.78, 5) is 0. The predicted molar refractivity (Wildman–Crippen MR) is 74.2 cm³/mol. The normalized spacial score (nSPS) is 12.2. The van der Waals surface area contributed by atoms with Crippen molar-refractivity contribution < 1.29 is 0 Å². The fourth-order valence-electron chi connectivity index (χ4n) is 1.62. The average molecular weight is 221 g/mol. The molecule has 0 aliphatic heterocycles. The number of nitrogens with one attached hydrogen (secondary N) is 1. The topological polar surface area (TPSA) is 23.9 Å². The van der Waals surface area contributed by atoms with Crippen LogP contribution in [-0.2, 0) is 0 Å². The van der Waals surface area contributed by atoms with Gasteiger partial charge in [0, 0.05) is 16.5 Å². The highest BCUT2D eigenvalue weighted by molar-refractivity contribution is 5.94. The Kier molecular flexibility index (Phi) is 4.72. The summed E-state index contributed by atoms with van der Waals surface area (Å²) in [6.45, 7) is 18.7. The van der Waals surface area contributed by atoms with Gasteiger partial charge in [0.2, 0.25) is 0 Å². The fraction of sp³-hybridized carbons (Fsp3) is 0.667. The highest BCUT2D eigenvalue weighted by atomic mass is 14.6. The average Bonchev–Trinajstić information content (AvgIpc) is 2.13. The minimum Gasteiger partial charge on any atom is -0.308 e. The molecule has 0 radical (unpaired) electrons. The van der Waals surface area contributed by atoms with Crippen LogP contribution in [0, 0.1) is 16.2 Å². The summed E-state index contributed by atoms with van der Waals surface area (Å²) >= 11 is 0. The number of rotatable bonds is 5. The highest BCUT2D eigenvalue weighted by Crippen LogP contribution is 2.37. The lowest BCUT2D eigenvalue weighted by Gasteiger charge is -2.36. The molecule has 0 aliphatic carbocycles. The van der Waals surface area contributed by atoms with Crippen molar-refractivity contribution in [3.8, 4) is 0 Å². The minimum absolute atomic E-state index is 0.0975. The summed E-state index contributed by atoms with van der Waals surface area (Å²) in [5, 5.41) is 8.38. The Balaban J connectivity index is 4.97. The molecule has 1 nitrogen and oxygen atoms in total. The Morgan fingerprint density at radius 3 is 1.88 bits per heavy atom. The van der Waals surface area contributed by atoms with E-state index in [-0.39, 0.29) is 10.8 Å². The molecular formula is C15H27N. The van der Waals surface area contributed by atoms with Gasteiger partial charge >= 0.3 is 0 Å². The molecule has 1 heteroatoms. The van der Waals surface area contributed by atoms with Gasteiger partial charge in [0.05, 0.1) is 0 Å². The van der Waals surface area contributed by atoms with E-state index in [4.69, 9.17) is 5.41 Å². The van der Waals surface area contributed by atoms with Crippen LogP contribution in [0.4, 0.5) is 0 Å². The van der Waals surface area contributed by atoms with E-state index in [1.807, 2.05) is 6.92 Å². The van der Waals surface area contributed by atoms with E-state index in [2.05, 4.69) is 54.2 Å². The van der Waals surface area contributed by atoms with E-state index >= 15 is 0 Å². The van der Waals surface area contributed by atoms with Crippen LogP contribution < -0.4 is 0 Å². The Hall–Kier alpha value is -0.850. The lowest BCUT2D eigenvalue weighted by atomic mass is 9.68. The van der Waals surface area contributed by atoms with Crippen molar-refractivity contribution in [3.05, 3.63) is 23.8 Å². The van der Waals surface area contributed by atoms with E-state index in [1.165, 1.54) is 5.57 Å². The third-order valence-electron chi connectivity index (χ3n) is 3.39. The van der Waals surface area contributed by atoms with E-state index in [0.29, 0.717) is 0 Å². The first-order valence-corrected chi connectivity index (χ1v) is 5.90. The van der Waals surface area contributed by atoms with Crippen LogP contribution in [0.1, 0.15) is 54.9 Å². The van der Waals surface area contributed by atoms with Gasteiger partial charge in [0.1, 0.15) is 0 Å². The van der Waals surface area contributed by atoms with Crippen molar-refractivity contribution in [3.63, 3.8) is 0 Å². The molecule has 0 rings (SSSR count). The second-order valence-electron chi connectivity index (χ2n) is 6.15. The van der Waals surface area contributed by atoms with Gasteiger partial charge in [-0.05, 0) is 27.2 Å². The molecule has 0 spiro atoms. The molecule has 1 N–H and O–H groups in total. The largest absolute Gasteiger partial charge is 0.308 e. The van der Waals surface area contributed by atoms with Gasteiger partial charge in [-0.3, -0.25) is 0 Å². The Bertz CT molecular complexity index is 312. The number of hydrogen-bond acceptors (Lipinski definition) is 1. The first-order valence-electron chi connectivity index (χ1n) is 5.90. The van der Waals surface area contributed by atoms with E-state index in [0.717, 1.165) is 17.7 Å². The summed E-state index contributed by atoms with van der Waals surface area (Å²) in [7, 11) is 0. The molecule has 0 atom stereocenters. The summed E-state index contributed by atoms with van der Waals surface area (Å²) in [5.74, 6) is 0. The lowest BCUT2D eigenvalue weighted by Crippen LogP contribution is -2.36. The third-order valence-corrected chi connectivity index (χ3v) is 3.39. The van der Waals surface area contributed by atoms with Gasteiger partial charge in [0.15, 0.2) is 0 Å². The summed E-state index contributed by atoms with van der Waals surface area (Å²) in [5.41, 5.74) is 2.83. The molecule has 0 saturated heterocycles. The zero-order chi connectivity index (χ0) is 13.1. The van der Waals surface area contributed by atoms with Crippen LogP contribution in [0.2, 0.25) is 0 Å².